The maximum Gasteiger partial charge on any atom is 0.253 e. The Hall–Kier alpha value is -1.12. The minimum Gasteiger partial charge on any atom is -0.296 e. The number of hydrogen-bond acceptors (Lipinski definition) is 2. The van der Waals surface area contributed by atoms with Crippen LogP contribution < -0.4 is 5.56 Å². The van der Waals surface area contributed by atoms with Gasteiger partial charge in [-0.05, 0) is 25.7 Å². The summed E-state index contributed by atoms with van der Waals surface area (Å²) in [6.45, 7) is 0. The van der Waals surface area contributed by atoms with Gasteiger partial charge in [0.05, 0.1) is 12.0 Å². The fourth-order valence-electron chi connectivity index (χ4n) is 1.65. The number of hydrogen-bond donors (Lipinski definition) is 0. The van der Waals surface area contributed by atoms with Gasteiger partial charge in [0.1, 0.15) is 0 Å². The van der Waals surface area contributed by atoms with E-state index in [0.29, 0.717) is 12.0 Å². The highest BCUT2D eigenvalue weighted by atomic mass is 16.1. The van der Waals surface area contributed by atoms with E-state index in [0.717, 1.165) is 18.5 Å². The zero-order valence-electron chi connectivity index (χ0n) is 7.44. The molecule has 0 N–H and O–H groups in total. The summed E-state index contributed by atoms with van der Waals surface area (Å²) in [5.41, 5.74) is 1.14. The molecule has 0 aliphatic heterocycles. The van der Waals surface area contributed by atoms with Crippen molar-refractivity contribution >= 4 is 0 Å². The van der Waals surface area contributed by atoms with E-state index in [1.807, 2.05) is 0 Å². The van der Waals surface area contributed by atoms with Crippen LogP contribution in [0.5, 0.6) is 0 Å². The fraction of sp³-hybridized carbons (Fsp3) is 0.600. The van der Waals surface area contributed by atoms with E-state index in [9.17, 15) is 4.79 Å². The highest BCUT2D eigenvalue weighted by molar-refractivity contribution is 5.13. The molecule has 68 valence electrons. The van der Waals surface area contributed by atoms with Crippen molar-refractivity contribution in [3.63, 3.8) is 0 Å². The van der Waals surface area contributed by atoms with Gasteiger partial charge in [0.25, 0.3) is 5.56 Å². The molecule has 0 amide bonds. The van der Waals surface area contributed by atoms with E-state index in [1.54, 1.807) is 17.0 Å². The second-order valence-corrected chi connectivity index (χ2v) is 4.06. The molecule has 13 heavy (non-hydrogen) atoms. The third-order valence-corrected chi connectivity index (χ3v) is 2.79. The van der Waals surface area contributed by atoms with Crippen molar-refractivity contribution in [2.75, 3.05) is 0 Å². The van der Waals surface area contributed by atoms with Crippen LogP contribution in [0.25, 0.3) is 0 Å². The van der Waals surface area contributed by atoms with E-state index in [2.05, 4.69) is 4.98 Å². The molecule has 2 aliphatic rings. The lowest BCUT2D eigenvalue weighted by Crippen LogP contribution is -2.19. The van der Waals surface area contributed by atoms with Crippen LogP contribution in [-0.2, 0) is 0 Å². The van der Waals surface area contributed by atoms with Crippen molar-refractivity contribution in [1.29, 1.82) is 0 Å². The van der Waals surface area contributed by atoms with Crippen molar-refractivity contribution in [1.82, 2.24) is 9.55 Å². The minimum atomic E-state index is 0.138. The first-order chi connectivity index (χ1) is 6.34. The molecule has 0 saturated heterocycles. The highest BCUT2D eigenvalue weighted by Gasteiger charge is 2.28. The van der Waals surface area contributed by atoms with Crippen LogP contribution in [0.4, 0.5) is 0 Å². The smallest absolute Gasteiger partial charge is 0.253 e. The van der Waals surface area contributed by atoms with Crippen LogP contribution in [0.15, 0.2) is 17.2 Å². The summed E-state index contributed by atoms with van der Waals surface area (Å²) in [7, 11) is 0. The molecule has 1 aromatic rings. The van der Waals surface area contributed by atoms with Gasteiger partial charge in [-0.15, -0.1) is 0 Å². The molecule has 0 spiro atoms. The van der Waals surface area contributed by atoms with E-state index in [4.69, 9.17) is 0 Å². The van der Waals surface area contributed by atoms with Gasteiger partial charge in [-0.3, -0.25) is 9.36 Å². The molecule has 1 heterocycles. The van der Waals surface area contributed by atoms with E-state index < -0.39 is 0 Å². The van der Waals surface area contributed by atoms with Crippen molar-refractivity contribution in [3.05, 3.63) is 28.4 Å². The zero-order valence-corrected chi connectivity index (χ0v) is 7.44. The van der Waals surface area contributed by atoms with Crippen molar-refractivity contribution < 1.29 is 0 Å². The molecule has 2 fully saturated rings. The number of rotatable bonds is 2. The first-order valence-electron chi connectivity index (χ1n) is 4.92. The Morgan fingerprint density at radius 3 is 2.62 bits per heavy atom. The Kier molecular flexibility index (Phi) is 1.37. The zero-order chi connectivity index (χ0) is 8.84. The molecular weight excluding hydrogens is 164 g/mol. The monoisotopic (exact) mass is 176 g/mol. The van der Waals surface area contributed by atoms with Crippen molar-refractivity contribution in [2.24, 2.45) is 0 Å². The predicted octanol–water partition coefficient (Wildman–Crippen LogP) is 1.46. The molecular formula is C10H12N2O. The third-order valence-electron chi connectivity index (χ3n) is 2.79. The standard InChI is InChI=1S/C10H12N2O/c13-10-5-9(7-1-2-7)11-6-12(10)8-3-4-8/h5-8H,1-4H2. The third kappa shape index (κ3) is 1.28. The predicted molar refractivity (Wildman–Crippen MR) is 48.7 cm³/mol. The average molecular weight is 176 g/mol. The first kappa shape index (κ1) is 7.30. The highest BCUT2D eigenvalue weighted by Crippen LogP contribution is 2.38. The summed E-state index contributed by atoms with van der Waals surface area (Å²) in [6, 6.07) is 2.17. The van der Waals surface area contributed by atoms with E-state index in [1.165, 1.54) is 12.8 Å². The van der Waals surface area contributed by atoms with E-state index >= 15 is 0 Å². The van der Waals surface area contributed by atoms with Crippen molar-refractivity contribution in [3.8, 4) is 0 Å². The summed E-state index contributed by atoms with van der Waals surface area (Å²) in [4.78, 5) is 15.9. The maximum atomic E-state index is 11.6. The van der Waals surface area contributed by atoms with Gasteiger partial charge in [-0.25, -0.2) is 4.98 Å². The molecule has 3 heteroatoms. The summed E-state index contributed by atoms with van der Waals surface area (Å²) >= 11 is 0. The largest absolute Gasteiger partial charge is 0.296 e. The lowest BCUT2D eigenvalue weighted by Gasteiger charge is -2.02. The molecule has 2 aliphatic carbocycles. The van der Waals surface area contributed by atoms with Crippen LogP contribution in [0.1, 0.15) is 43.3 Å². The maximum absolute atomic E-state index is 11.6. The molecule has 2 saturated carbocycles. The second-order valence-electron chi connectivity index (χ2n) is 4.06. The van der Waals surface area contributed by atoms with Gasteiger partial charge < -0.3 is 0 Å². The SMILES string of the molecule is O=c1cc(C2CC2)ncn1C1CC1. The molecule has 0 unspecified atom stereocenters. The second kappa shape index (κ2) is 2.44. The Labute approximate surface area is 76.4 Å². The van der Waals surface area contributed by atoms with Gasteiger partial charge >= 0.3 is 0 Å². The molecule has 1 aromatic heterocycles. The Balaban J connectivity index is 2.00. The first-order valence-corrected chi connectivity index (χ1v) is 4.92. The quantitative estimate of drug-likeness (QED) is 0.683. The number of aromatic nitrogens is 2. The van der Waals surface area contributed by atoms with Crippen LogP contribution in [0.3, 0.4) is 0 Å². The van der Waals surface area contributed by atoms with E-state index in [-0.39, 0.29) is 5.56 Å². The summed E-state index contributed by atoms with van der Waals surface area (Å²) in [5.74, 6) is 0.585. The molecule has 0 bridgehead atoms. The average Bonchev–Trinajstić information content (AvgIpc) is 3.00. The normalized spacial score (nSPS) is 21.8. The Morgan fingerprint density at radius 2 is 2.08 bits per heavy atom. The van der Waals surface area contributed by atoms with Crippen LogP contribution in [-0.4, -0.2) is 9.55 Å². The van der Waals surface area contributed by atoms with Gasteiger partial charge in [-0.2, -0.15) is 0 Å². The summed E-state index contributed by atoms with van der Waals surface area (Å²) < 4.78 is 1.77. The Bertz CT molecular complexity index is 388. The van der Waals surface area contributed by atoms with Crippen LogP contribution >= 0.6 is 0 Å². The van der Waals surface area contributed by atoms with Gasteiger partial charge in [0.15, 0.2) is 0 Å². The minimum absolute atomic E-state index is 0.138. The van der Waals surface area contributed by atoms with Gasteiger partial charge in [0.2, 0.25) is 0 Å². The van der Waals surface area contributed by atoms with Crippen molar-refractivity contribution in [2.45, 2.75) is 37.6 Å². The molecule has 0 radical (unpaired) electrons. The topological polar surface area (TPSA) is 34.9 Å². The Morgan fingerprint density at radius 1 is 1.31 bits per heavy atom. The molecule has 0 aromatic carbocycles. The van der Waals surface area contributed by atoms with Gasteiger partial charge in [-0.1, -0.05) is 0 Å². The molecule has 3 rings (SSSR count). The summed E-state index contributed by atoms with van der Waals surface area (Å²) in [5, 5.41) is 0. The lowest BCUT2D eigenvalue weighted by atomic mass is 10.3. The number of nitrogens with zero attached hydrogens (tertiary/aromatic N) is 2. The molecule has 0 atom stereocenters. The summed E-state index contributed by atoms with van der Waals surface area (Å²) in [6.07, 6.45) is 6.43. The van der Waals surface area contributed by atoms with Crippen LogP contribution in [0, 0.1) is 0 Å². The lowest BCUT2D eigenvalue weighted by molar-refractivity contribution is 0.679. The fourth-order valence-corrected chi connectivity index (χ4v) is 1.65. The molecule has 3 nitrogen and oxygen atoms in total. The van der Waals surface area contributed by atoms with Crippen LogP contribution in [0.2, 0.25) is 0 Å². The van der Waals surface area contributed by atoms with Gasteiger partial charge in [0, 0.05) is 18.0 Å².